The second-order valence-corrected chi connectivity index (χ2v) is 5.46. The summed E-state index contributed by atoms with van der Waals surface area (Å²) >= 11 is 0. The average Bonchev–Trinajstić information content (AvgIpc) is 3.21. The number of nitrogens with zero attached hydrogens (tertiary/aromatic N) is 3. The standard InChI is InChI=1S/C15H17N3O2/c1-11(12-5-3-2-4-6-12)9-17-10-14(18(19)20)15(16-17)13-7-8-13/h2-6,10-11,13H,7-9H2,1H3/t11-/m1/s1. The van der Waals surface area contributed by atoms with Crippen molar-refractivity contribution in [3.63, 3.8) is 0 Å². The first-order chi connectivity index (χ1) is 9.65. The number of benzene rings is 1. The molecule has 0 saturated heterocycles. The summed E-state index contributed by atoms with van der Waals surface area (Å²) in [5, 5.41) is 15.5. The largest absolute Gasteiger partial charge is 0.310 e. The van der Waals surface area contributed by atoms with Gasteiger partial charge in [-0.1, -0.05) is 37.3 Å². The first-order valence-electron chi connectivity index (χ1n) is 6.92. The smallest absolute Gasteiger partial charge is 0.265 e. The molecule has 0 aliphatic heterocycles. The number of hydrogen-bond acceptors (Lipinski definition) is 3. The lowest BCUT2D eigenvalue weighted by Gasteiger charge is -2.11. The van der Waals surface area contributed by atoms with Crippen molar-refractivity contribution < 1.29 is 4.92 Å². The van der Waals surface area contributed by atoms with Crippen LogP contribution in [0.3, 0.4) is 0 Å². The summed E-state index contributed by atoms with van der Waals surface area (Å²) in [7, 11) is 0. The van der Waals surface area contributed by atoms with Gasteiger partial charge in [0.15, 0.2) is 0 Å². The Hall–Kier alpha value is -2.17. The molecule has 1 aromatic heterocycles. The lowest BCUT2D eigenvalue weighted by atomic mass is 10.0. The zero-order chi connectivity index (χ0) is 14.1. The van der Waals surface area contributed by atoms with Crippen LogP contribution < -0.4 is 0 Å². The molecule has 1 atom stereocenters. The van der Waals surface area contributed by atoms with E-state index in [2.05, 4.69) is 24.2 Å². The Balaban J connectivity index is 1.81. The minimum absolute atomic E-state index is 0.174. The van der Waals surface area contributed by atoms with Gasteiger partial charge < -0.3 is 0 Å². The molecule has 5 nitrogen and oxygen atoms in total. The quantitative estimate of drug-likeness (QED) is 0.618. The molecule has 1 fully saturated rings. The van der Waals surface area contributed by atoms with Crippen molar-refractivity contribution in [3.8, 4) is 0 Å². The predicted octanol–water partition coefficient (Wildman–Crippen LogP) is 3.47. The zero-order valence-electron chi connectivity index (χ0n) is 11.4. The number of aromatic nitrogens is 2. The van der Waals surface area contributed by atoms with Gasteiger partial charge in [0.05, 0.1) is 4.92 Å². The van der Waals surface area contributed by atoms with Crippen LogP contribution in [0.2, 0.25) is 0 Å². The van der Waals surface area contributed by atoms with Crippen molar-refractivity contribution in [2.75, 3.05) is 0 Å². The van der Waals surface area contributed by atoms with Crippen molar-refractivity contribution in [1.29, 1.82) is 0 Å². The maximum absolute atomic E-state index is 11.1. The lowest BCUT2D eigenvalue weighted by molar-refractivity contribution is -0.385. The highest BCUT2D eigenvalue weighted by atomic mass is 16.6. The van der Waals surface area contributed by atoms with Crippen molar-refractivity contribution >= 4 is 5.69 Å². The molecule has 0 N–H and O–H groups in total. The number of hydrogen-bond donors (Lipinski definition) is 0. The Morgan fingerprint density at radius 3 is 2.70 bits per heavy atom. The van der Waals surface area contributed by atoms with Crippen LogP contribution in [-0.2, 0) is 6.54 Å². The lowest BCUT2D eigenvalue weighted by Crippen LogP contribution is -2.07. The highest BCUT2D eigenvalue weighted by molar-refractivity contribution is 5.37. The average molecular weight is 271 g/mol. The highest BCUT2D eigenvalue weighted by Gasteiger charge is 2.34. The summed E-state index contributed by atoms with van der Waals surface area (Å²) in [6.45, 7) is 2.78. The molecule has 1 aliphatic rings. The van der Waals surface area contributed by atoms with E-state index in [1.807, 2.05) is 18.2 Å². The summed E-state index contributed by atoms with van der Waals surface area (Å²) in [6.07, 6.45) is 3.62. The van der Waals surface area contributed by atoms with Crippen molar-refractivity contribution in [1.82, 2.24) is 9.78 Å². The first-order valence-corrected chi connectivity index (χ1v) is 6.92. The fourth-order valence-electron chi connectivity index (χ4n) is 2.48. The Morgan fingerprint density at radius 1 is 1.40 bits per heavy atom. The Labute approximate surface area is 117 Å². The fraction of sp³-hybridized carbons (Fsp3) is 0.400. The summed E-state index contributed by atoms with van der Waals surface area (Å²) in [5.41, 5.74) is 2.06. The molecule has 2 aromatic rings. The SMILES string of the molecule is C[C@H](Cn1cc([N+](=O)[O-])c(C2CC2)n1)c1ccccc1. The third-order valence-corrected chi connectivity index (χ3v) is 3.76. The maximum atomic E-state index is 11.1. The van der Waals surface area contributed by atoms with Gasteiger partial charge in [-0.3, -0.25) is 14.8 Å². The van der Waals surface area contributed by atoms with Gasteiger partial charge in [0.25, 0.3) is 0 Å². The van der Waals surface area contributed by atoms with E-state index >= 15 is 0 Å². The summed E-state index contributed by atoms with van der Waals surface area (Å²) in [5.74, 6) is 0.575. The Morgan fingerprint density at radius 2 is 2.10 bits per heavy atom. The molecular weight excluding hydrogens is 254 g/mol. The molecule has 5 heteroatoms. The second kappa shape index (κ2) is 5.07. The number of rotatable bonds is 5. The van der Waals surface area contributed by atoms with E-state index in [-0.39, 0.29) is 16.5 Å². The molecule has 1 aromatic carbocycles. The van der Waals surface area contributed by atoms with Gasteiger partial charge in [0, 0.05) is 18.4 Å². The zero-order valence-corrected chi connectivity index (χ0v) is 11.4. The van der Waals surface area contributed by atoms with E-state index in [1.165, 1.54) is 5.56 Å². The third-order valence-electron chi connectivity index (χ3n) is 3.76. The minimum Gasteiger partial charge on any atom is -0.265 e. The van der Waals surface area contributed by atoms with Gasteiger partial charge in [-0.25, -0.2) is 0 Å². The number of nitro groups is 1. The van der Waals surface area contributed by atoms with Crippen LogP contribution in [0.5, 0.6) is 0 Å². The molecule has 1 saturated carbocycles. The topological polar surface area (TPSA) is 61.0 Å². The van der Waals surface area contributed by atoms with E-state index < -0.39 is 0 Å². The van der Waals surface area contributed by atoms with Crippen LogP contribution in [0.15, 0.2) is 36.5 Å². The molecule has 0 bridgehead atoms. The van der Waals surface area contributed by atoms with E-state index in [9.17, 15) is 10.1 Å². The molecule has 3 rings (SSSR count). The highest BCUT2D eigenvalue weighted by Crippen LogP contribution is 2.43. The molecule has 20 heavy (non-hydrogen) atoms. The molecule has 0 radical (unpaired) electrons. The Bertz CT molecular complexity index is 617. The molecule has 0 amide bonds. The van der Waals surface area contributed by atoms with E-state index in [0.717, 1.165) is 12.8 Å². The summed E-state index contributed by atoms with van der Waals surface area (Å²) in [4.78, 5) is 10.8. The van der Waals surface area contributed by atoms with Crippen molar-refractivity contribution in [3.05, 3.63) is 57.9 Å². The van der Waals surface area contributed by atoms with Crippen molar-refractivity contribution in [2.45, 2.75) is 38.1 Å². The van der Waals surface area contributed by atoms with Crippen LogP contribution in [-0.4, -0.2) is 14.7 Å². The van der Waals surface area contributed by atoms with Crippen LogP contribution >= 0.6 is 0 Å². The molecule has 0 spiro atoms. The van der Waals surface area contributed by atoms with E-state index in [0.29, 0.717) is 18.2 Å². The Kier molecular flexibility index (Phi) is 3.26. The monoisotopic (exact) mass is 271 g/mol. The summed E-state index contributed by atoms with van der Waals surface area (Å²) < 4.78 is 1.73. The normalized spacial score (nSPS) is 16.1. The van der Waals surface area contributed by atoms with Crippen molar-refractivity contribution in [2.24, 2.45) is 0 Å². The molecule has 104 valence electrons. The second-order valence-electron chi connectivity index (χ2n) is 5.46. The van der Waals surface area contributed by atoms with Gasteiger partial charge in [0.1, 0.15) is 11.9 Å². The summed E-state index contributed by atoms with van der Waals surface area (Å²) in [6, 6.07) is 10.1. The third kappa shape index (κ3) is 2.57. The van der Waals surface area contributed by atoms with Crippen LogP contribution in [0.1, 0.15) is 42.9 Å². The molecule has 0 unspecified atom stereocenters. The van der Waals surface area contributed by atoms with Gasteiger partial charge in [-0.05, 0) is 18.4 Å². The molecular formula is C15H17N3O2. The van der Waals surface area contributed by atoms with Gasteiger partial charge in [0.2, 0.25) is 0 Å². The first kappa shape index (κ1) is 12.8. The minimum atomic E-state index is -0.315. The van der Waals surface area contributed by atoms with Gasteiger partial charge in [-0.15, -0.1) is 0 Å². The molecule has 1 aliphatic carbocycles. The van der Waals surface area contributed by atoms with E-state index in [4.69, 9.17) is 0 Å². The maximum Gasteiger partial charge on any atom is 0.310 e. The van der Waals surface area contributed by atoms with E-state index in [1.54, 1.807) is 10.9 Å². The molecule has 1 heterocycles. The van der Waals surface area contributed by atoms with Gasteiger partial charge in [-0.2, -0.15) is 5.10 Å². The predicted molar refractivity (Wildman–Crippen MR) is 75.7 cm³/mol. The van der Waals surface area contributed by atoms with Gasteiger partial charge >= 0.3 is 5.69 Å². The van der Waals surface area contributed by atoms with Crippen LogP contribution in [0.4, 0.5) is 5.69 Å². The van der Waals surface area contributed by atoms with Crippen LogP contribution in [0.25, 0.3) is 0 Å². The fourth-order valence-corrected chi connectivity index (χ4v) is 2.48. The van der Waals surface area contributed by atoms with Crippen LogP contribution in [0, 0.1) is 10.1 Å².